The largest absolute Gasteiger partial charge is 0.507 e. The molecule has 1 heterocycles. The average molecular weight is 584 g/mol. The number of hydrogen-bond donors (Lipinski definition) is 2. The van der Waals surface area contributed by atoms with Gasteiger partial charge in [0.1, 0.15) is 36.0 Å². The van der Waals surface area contributed by atoms with Gasteiger partial charge in [0.2, 0.25) is 0 Å². The first-order valence-corrected chi connectivity index (χ1v) is 14.9. The number of aromatic nitrogens is 3. The monoisotopic (exact) mass is 583 g/mol. The number of unbranched alkanes of at least 4 members (excludes halogenated alkanes) is 1. The van der Waals surface area contributed by atoms with Gasteiger partial charge in [-0.2, -0.15) is 0 Å². The first kappa shape index (κ1) is 31.5. The van der Waals surface area contributed by atoms with Crippen molar-refractivity contribution < 1.29 is 24.5 Å². The van der Waals surface area contributed by atoms with Gasteiger partial charge in [-0.1, -0.05) is 74.2 Å². The summed E-state index contributed by atoms with van der Waals surface area (Å²) >= 11 is 0. The predicted molar refractivity (Wildman–Crippen MR) is 168 cm³/mol. The molecule has 0 saturated heterocycles. The molecule has 0 radical (unpaired) electrons. The lowest BCUT2D eigenvalue weighted by molar-refractivity contribution is -0.149. The smallest absolute Gasteiger partial charge is 0.309 e. The van der Waals surface area contributed by atoms with Crippen molar-refractivity contribution in [3.63, 3.8) is 0 Å². The lowest BCUT2D eigenvalue weighted by atomic mass is 10.00. The number of rotatable bonds is 12. The normalized spacial score (nSPS) is 11.8. The van der Waals surface area contributed by atoms with Crippen LogP contribution in [0.1, 0.15) is 61.8 Å². The van der Waals surface area contributed by atoms with Gasteiger partial charge in [-0.05, 0) is 51.7 Å². The minimum Gasteiger partial charge on any atom is -0.507 e. The van der Waals surface area contributed by atoms with Crippen LogP contribution in [0.15, 0.2) is 48.5 Å². The minimum atomic E-state index is -0.248. The van der Waals surface area contributed by atoms with E-state index in [0.29, 0.717) is 11.6 Å². The van der Waals surface area contributed by atoms with Gasteiger partial charge >= 0.3 is 5.97 Å². The van der Waals surface area contributed by atoms with Crippen molar-refractivity contribution in [1.29, 1.82) is 0 Å². The van der Waals surface area contributed by atoms with Crippen molar-refractivity contribution in [2.24, 2.45) is 5.92 Å². The summed E-state index contributed by atoms with van der Waals surface area (Å²) in [6.07, 6.45) is 3.55. The number of benzene rings is 3. The SMILES string of the molecule is CCCCC(CC)C(=O)OCCOc1cc(O)c(-c2nc(-c3ccc(C)cc3C)nc(-c3ccc(C)cc3C)n2)c(O)c1. The van der Waals surface area contributed by atoms with Crippen LogP contribution in [-0.4, -0.2) is 44.3 Å². The van der Waals surface area contributed by atoms with E-state index in [2.05, 4.69) is 29.0 Å². The van der Waals surface area contributed by atoms with E-state index in [0.717, 1.165) is 59.1 Å². The summed E-state index contributed by atoms with van der Waals surface area (Å²) < 4.78 is 11.1. The number of nitrogens with zero attached hydrogens (tertiary/aromatic N) is 3. The second-order valence-corrected chi connectivity index (χ2v) is 11.0. The third-order valence-electron chi connectivity index (χ3n) is 7.50. The van der Waals surface area contributed by atoms with Crippen molar-refractivity contribution in [1.82, 2.24) is 15.0 Å². The molecular weight excluding hydrogens is 542 g/mol. The highest BCUT2D eigenvalue weighted by Crippen LogP contribution is 2.40. The lowest BCUT2D eigenvalue weighted by Gasteiger charge is -2.15. The third-order valence-corrected chi connectivity index (χ3v) is 7.50. The highest BCUT2D eigenvalue weighted by atomic mass is 16.6. The highest BCUT2D eigenvalue weighted by molar-refractivity contribution is 5.76. The molecule has 2 N–H and O–H groups in total. The Morgan fingerprint density at radius 3 is 1.79 bits per heavy atom. The van der Waals surface area contributed by atoms with Gasteiger partial charge in [0.15, 0.2) is 17.5 Å². The minimum absolute atomic E-state index is 0.0662. The average Bonchev–Trinajstić information content (AvgIpc) is 2.95. The number of hydrogen-bond acceptors (Lipinski definition) is 8. The van der Waals surface area contributed by atoms with Crippen LogP contribution in [0.25, 0.3) is 34.2 Å². The van der Waals surface area contributed by atoms with Crippen LogP contribution in [-0.2, 0) is 9.53 Å². The standard InChI is InChI=1S/C35H41N3O5/c1-7-9-10-25(8-2)35(41)43-16-15-42-26-19-29(39)31(30(40)20-26)34-37-32(27-13-11-21(3)17-23(27)5)36-33(38-34)28-14-12-22(4)18-24(28)6/h11-14,17-20,25,39-40H,7-10,15-16H2,1-6H3. The van der Waals surface area contributed by atoms with Crippen molar-refractivity contribution in [2.75, 3.05) is 13.2 Å². The van der Waals surface area contributed by atoms with Crippen LogP contribution < -0.4 is 4.74 Å². The van der Waals surface area contributed by atoms with E-state index >= 15 is 0 Å². The fourth-order valence-corrected chi connectivity index (χ4v) is 5.12. The molecule has 1 aromatic heterocycles. The van der Waals surface area contributed by atoms with E-state index in [1.807, 2.05) is 58.9 Å². The summed E-state index contributed by atoms with van der Waals surface area (Å²) in [4.78, 5) is 26.5. The fourth-order valence-electron chi connectivity index (χ4n) is 5.12. The molecule has 226 valence electrons. The van der Waals surface area contributed by atoms with Gasteiger partial charge in [-0.15, -0.1) is 0 Å². The molecule has 8 nitrogen and oxygen atoms in total. The summed E-state index contributed by atoms with van der Waals surface area (Å²) in [7, 11) is 0. The van der Waals surface area contributed by atoms with Crippen LogP contribution >= 0.6 is 0 Å². The second-order valence-electron chi connectivity index (χ2n) is 11.0. The zero-order valence-corrected chi connectivity index (χ0v) is 25.9. The van der Waals surface area contributed by atoms with Crippen LogP contribution in [0.2, 0.25) is 0 Å². The number of esters is 1. The van der Waals surface area contributed by atoms with E-state index in [4.69, 9.17) is 14.5 Å². The number of ether oxygens (including phenoxy) is 2. The maximum atomic E-state index is 12.4. The van der Waals surface area contributed by atoms with Crippen molar-refractivity contribution >= 4 is 5.97 Å². The van der Waals surface area contributed by atoms with E-state index in [1.54, 1.807) is 0 Å². The van der Waals surface area contributed by atoms with Crippen LogP contribution in [0.4, 0.5) is 0 Å². The molecular formula is C35H41N3O5. The Bertz CT molecular complexity index is 1510. The van der Waals surface area contributed by atoms with E-state index in [1.165, 1.54) is 12.1 Å². The summed E-state index contributed by atoms with van der Waals surface area (Å²) in [6.45, 7) is 12.3. The molecule has 0 spiro atoms. The molecule has 0 aliphatic rings. The quantitative estimate of drug-likeness (QED) is 0.129. The topological polar surface area (TPSA) is 115 Å². The number of phenols is 2. The zero-order valence-electron chi connectivity index (χ0n) is 25.9. The lowest BCUT2D eigenvalue weighted by Crippen LogP contribution is -2.20. The first-order valence-electron chi connectivity index (χ1n) is 14.9. The maximum Gasteiger partial charge on any atom is 0.309 e. The number of carbonyl (C=O) groups excluding carboxylic acids is 1. The highest BCUT2D eigenvalue weighted by Gasteiger charge is 2.21. The zero-order chi connectivity index (χ0) is 31.1. The molecule has 4 rings (SSSR count). The van der Waals surface area contributed by atoms with Crippen molar-refractivity contribution in [2.45, 2.75) is 67.2 Å². The summed E-state index contributed by atoms with van der Waals surface area (Å²) in [5.41, 5.74) is 5.96. The Morgan fingerprint density at radius 2 is 1.30 bits per heavy atom. The first-order chi connectivity index (χ1) is 20.6. The molecule has 4 aromatic rings. The Hall–Kier alpha value is -4.46. The Kier molecular flexibility index (Phi) is 10.3. The summed E-state index contributed by atoms with van der Waals surface area (Å²) in [6, 6.07) is 14.8. The third kappa shape index (κ3) is 7.69. The second kappa shape index (κ2) is 14.1. The van der Waals surface area contributed by atoms with Gasteiger partial charge < -0.3 is 19.7 Å². The predicted octanol–water partition coefficient (Wildman–Crippen LogP) is 7.66. The molecule has 8 heteroatoms. The molecule has 0 bridgehead atoms. The molecule has 0 fully saturated rings. The molecule has 0 amide bonds. The molecule has 0 saturated carbocycles. The van der Waals surface area contributed by atoms with Crippen molar-refractivity contribution in [3.05, 3.63) is 70.8 Å². The Labute approximate surface area is 253 Å². The molecule has 3 aromatic carbocycles. The summed E-state index contributed by atoms with van der Waals surface area (Å²) in [5.74, 6) is 0.387. The number of phenolic OH excluding ortho intramolecular Hbond substituents is 2. The number of carbonyl (C=O) groups is 1. The van der Waals surface area contributed by atoms with Gasteiger partial charge in [-0.3, -0.25) is 4.79 Å². The van der Waals surface area contributed by atoms with E-state index < -0.39 is 0 Å². The van der Waals surface area contributed by atoms with Gasteiger partial charge in [0.05, 0.1) is 5.92 Å². The molecule has 43 heavy (non-hydrogen) atoms. The fraction of sp³-hybridized carbons (Fsp3) is 0.371. The van der Waals surface area contributed by atoms with Crippen LogP contribution in [0, 0.1) is 33.6 Å². The molecule has 1 atom stereocenters. The number of aromatic hydroxyl groups is 2. The van der Waals surface area contributed by atoms with Gasteiger partial charge in [0.25, 0.3) is 0 Å². The summed E-state index contributed by atoms with van der Waals surface area (Å²) in [5, 5.41) is 22.1. The van der Waals surface area contributed by atoms with E-state index in [9.17, 15) is 15.0 Å². The maximum absolute atomic E-state index is 12.4. The van der Waals surface area contributed by atoms with E-state index in [-0.39, 0.29) is 53.7 Å². The van der Waals surface area contributed by atoms with Gasteiger partial charge in [0, 0.05) is 23.3 Å². The van der Waals surface area contributed by atoms with Crippen LogP contribution in [0.5, 0.6) is 17.2 Å². The Balaban J connectivity index is 1.63. The molecule has 0 aliphatic heterocycles. The molecule has 0 aliphatic carbocycles. The van der Waals surface area contributed by atoms with Crippen molar-refractivity contribution in [3.8, 4) is 51.4 Å². The van der Waals surface area contributed by atoms with Gasteiger partial charge in [-0.25, -0.2) is 15.0 Å². The Morgan fingerprint density at radius 1 is 0.767 bits per heavy atom. The van der Waals surface area contributed by atoms with Crippen LogP contribution in [0.3, 0.4) is 0 Å². The number of aryl methyl sites for hydroxylation is 4. The molecule has 1 unspecified atom stereocenters.